The Morgan fingerprint density at radius 2 is 0.657 bits per heavy atom. The fourth-order valence-electron chi connectivity index (χ4n) is 4.46. The molecule has 0 heterocycles. The van der Waals surface area contributed by atoms with E-state index in [0.29, 0.717) is 33.0 Å². The van der Waals surface area contributed by atoms with E-state index < -0.39 is 0 Å². The molecule has 0 rings (SSSR count). The molecule has 0 spiro atoms. The average Bonchev–Trinajstić information content (AvgIpc) is 2.85. The number of hydrogen-bond acceptors (Lipinski definition) is 5. The summed E-state index contributed by atoms with van der Waals surface area (Å²) in [6, 6.07) is 0. The monoisotopic (exact) mass is 525 g/mol. The molecule has 4 N–H and O–H groups in total. The van der Waals surface area contributed by atoms with Crippen molar-refractivity contribution in [3.63, 3.8) is 0 Å². The van der Waals surface area contributed by atoms with E-state index in [-0.39, 0.29) is 25.6 Å². The normalized spacial score (nSPS) is 11.3. The van der Waals surface area contributed by atoms with Gasteiger partial charge in [0.1, 0.15) is 13.1 Å². The molecule has 35 heavy (non-hydrogen) atoms. The van der Waals surface area contributed by atoms with Crippen LogP contribution in [0.5, 0.6) is 0 Å². The molecule has 0 amide bonds. The van der Waals surface area contributed by atoms with E-state index in [1.54, 1.807) is 0 Å². The molecule has 0 aromatic rings. The van der Waals surface area contributed by atoms with Crippen molar-refractivity contribution in [3.05, 3.63) is 0 Å². The van der Waals surface area contributed by atoms with E-state index in [1.165, 1.54) is 114 Å². The van der Waals surface area contributed by atoms with Crippen LogP contribution in [0, 0.1) is 0 Å². The predicted molar refractivity (Wildman–Crippen MR) is 142 cm³/mol. The maximum Gasteiger partial charge on any atom is 0.101 e. The van der Waals surface area contributed by atoms with Crippen molar-refractivity contribution in [3.8, 4) is 0 Å². The summed E-state index contributed by atoms with van der Waals surface area (Å²) in [5, 5.41) is 26.4. The van der Waals surface area contributed by atoms with Gasteiger partial charge >= 0.3 is 0 Å². The van der Waals surface area contributed by atoms with Crippen LogP contribution in [0.1, 0.15) is 116 Å². The highest BCUT2D eigenvalue weighted by atomic mass is 35.5. The molecule has 6 nitrogen and oxygen atoms in total. The maximum absolute atomic E-state index is 8.83. The third-order valence-electron chi connectivity index (χ3n) is 6.61. The second-order valence-corrected chi connectivity index (χ2v) is 9.76. The molecule has 0 aromatic heterocycles. The minimum absolute atomic E-state index is 0. The number of halogens is 1. The highest BCUT2D eigenvalue weighted by Gasteiger charge is 2.08. The summed E-state index contributed by atoms with van der Waals surface area (Å²) >= 11 is 0. The molecule has 0 unspecified atom stereocenters. The van der Waals surface area contributed by atoms with Crippen LogP contribution in [0.15, 0.2) is 0 Å². The van der Waals surface area contributed by atoms with Gasteiger partial charge in [0.05, 0.1) is 46.2 Å². The smallest absolute Gasteiger partial charge is 0.101 e. The summed E-state index contributed by atoms with van der Waals surface area (Å²) in [5.74, 6) is 0. The Morgan fingerprint density at radius 3 is 0.971 bits per heavy atom. The van der Waals surface area contributed by atoms with Crippen LogP contribution in [0.25, 0.3) is 0 Å². The molecule has 214 valence electrons. The Labute approximate surface area is 223 Å². The summed E-state index contributed by atoms with van der Waals surface area (Å²) in [7, 11) is 0. The van der Waals surface area contributed by atoms with E-state index in [2.05, 4.69) is 0 Å². The van der Waals surface area contributed by atoms with Crippen molar-refractivity contribution in [1.82, 2.24) is 0 Å². The molecule has 0 aliphatic heterocycles. The fraction of sp³-hybridized carbons (Fsp3) is 1.00. The zero-order valence-electron chi connectivity index (χ0n) is 22.8. The van der Waals surface area contributed by atoms with Crippen molar-refractivity contribution in [2.24, 2.45) is 0 Å². The highest BCUT2D eigenvalue weighted by Crippen LogP contribution is 2.14. The lowest BCUT2D eigenvalue weighted by Gasteiger charge is -2.19. The molecule has 0 aliphatic carbocycles. The van der Waals surface area contributed by atoms with Gasteiger partial charge in [-0.2, -0.15) is 0 Å². The molecular weight excluding hydrogens is 466 g/mol. The number of nitrogens with one attached hydrogen (secondary N) is 1. The number of hydrogen-bond donors (Lipinski definition) is 4. The van der Waals surface area contributed by atoms with Crippen LogP contribution in [-0.4, -0.2) is 81.2 Å². The van der Waals surface area contributed by atoms with Gasteiger partial charge in [-0.3, -0.25) is 0 Å². The Morgan fingerprint density at radius 1 is 0.343 bits per heavy atom. The molecule has 0 bridgehead atoms. The Bertz CT molecular complexity index is 354. The number of ether oxygens (including phenoxy) is 2. The number of quaternary nitrogens is 1. The van der Waals surface area contributed by atoms with E-state index in [1.807, 2.05) is 0 Å². The van der Waals surface area contributed by atoms with Crippen molar-refractivity contribution >= 4 is 0 Å². The number of aliphatic hydroxyl groups excluding tert-OH is 3. The summed E-state index contributed by atoms with van der Waals surface area (Å²) in [6.07, 6.45) is 24.1. The quantitative estimate of drug-likeness (QED) is 0.105. The van der Waals surface area contributed by atoms with Crippen molar-refractivity contribution in [2.45, 2.75) is 116 Å². The van der Waals surface area contributed by atoms with Gasteiger partial charge in [-0.05, 0) is 19.3 Å². The molecule has 0 saturated heterocycles. The first-order valence-electron chi connectivity index (χ1n) is 14.7. The second kappa shape index (κ2) is 34.0. The maximum atomic E-state index is 8.83. The molecule has 0 aromatic carbocycles. The lowest BCUT2D eigenvalue weighted by Crippen LogP contribution is -3.13. The van der Waals surface area contributed by atoms with Crippen LogP contribution in [0.2, 0.25) is 0 Å². The molecular formula is C28H60ClNO5. The second-order valence-electron chi connectivity index (χ2n) is 9.76. The molecule has 0 saturated carbocycles. The van der Waals surface area contributed by atoms with E-state index in [9.17, 15) is 0 Å². The Hall–Kier alpha value is 0.0500. The van der Waals surface area contributed by atoms with E-state index >= 15 is 0 Å². The van der Waals surface area contributed by atoms with Crippen LogP contribution in [-0.2, 0) is 9.47 Å². The van der Waals surface area contributed by atoms with Gasteiger partial charge in [-0.15, -0.1) is 0 Å². The van der Waals surface area contributed by atoms with Crippen LogP contribution in [0.3, 0.4) is 0 Å². The third kappa shape index (κ3) is 32.0. The number of unbranched alkanes of at least 4 members (excludes halogenated alkanes) is 17. The summed E-state index contributed by atoms with van der Waals surface area (Å²) in [5.41, 5.74) is 0. The first-order valence-corrected chi connectivity index (χ1v) is 14.7. The van der Waals surface area contributed by atoms with Crippen LogP contribution in [0.4, 0.5) is 0 Å². The van der Waals surface area contributed by atoms with E-state index in [0.717, 1.165) is 26.1 Å². The molecule has 0 fully saturated rings. The zero-order valence-corrected chi connectivity index (χ0v) is 23.6. The molecule has 0 atom stereocenters. The van der Waals surface area contributed by atoms with Gasteiger partial charge in [0.25, 0.3) is 0 Å². The lowest BCUT2D eigenvalue weighted by atomic mass is 10.0. The zero-order chi connectivity index (χ0) is 24.8. The largest absolute Gasteiger partial charge is 1.00 e. The van der Waals surface area contributed by atoms with Gasteiger partial charge < -0.3 is 42.1 Å². The number of rotatable bonds is 30. The van der Waals surface area contributed by atoms with Crippen molar-refractivity contribution in [2.75, 3.05) is 65.9 Å². The fourth-order valence-corrected chi connectivity index (χ4v) is 4.46. The minimum atomic E-state index is 0. The summed E-state index contributed by atoms with van der Waals surface area (Å²) in [4.78, 5) is 1.49. The first kappa shape index (κ1) is 37.2. The van der Waals surface area contributed by atoms with Crippen molar-refractivity contribution < 1.29 is 42.1 Å². The standard InChI is InChI=1S/C28H59NO5.ClH/c30-22-18-16-14-12-10-8-6-4-2-1-3-5-7-9-11-13-15-17-19-29(20-25-33-27-23-31)21-26-34-28-24-32;/h30-32H,1-28H2;1H. The summed E-state index contributed by atoms with van der Waals surface area (Å²) < 4.78 is 10.9. The molecule has 0 aliphatic rings. The SMILES string of the molecule is OCCCCCCCCCCCCCCCCCCCC[NH+](CCOCCO)CCOCCO.[Cl-]. The highest BCUT2D eigenvalue weighted by molar-refractivity contribution is 4.50. The molecule has 7 heteroatoms. The minimum Gasteiger partial charge on any atom is -1.00 e. The Balaban J connectivity index is 0. The first-order chi connectivity index (χ1) is 16.8. The predicted octanol–water partition coefficient (Wildman–Crippen LogP) is 0.907. The van der Waals surface area contributed by atoms with Crippen LogP contribution < -0.4 is 17.3 Å². The number of aliphatic hydroxyl groups is 3. The van der Waals surface area contributed by atoms with Crippen molar-refractivity contribution in [1.29, 1.82) is 0 Å². The van der Waals surface area contributed by atoms with Crippen LogP contribution >= 0.6 is 0 Å². The van der Waals surface area contributed by atoms with Gasteiger partial charge in [-0.1, -0.05) is 96.3 Å². The van der Waals surface area contributed by atoms with Gasteiger partial charge in [0.2, 0.25) is 0 Å². The Kier molecular flexibility index (Phi) is 36.2. The third-order valence-corrected chi connectivity index (χ3v) is 6.61. The van der Waals surface area contributed by atoms with Gasteiger partial charge in [-0.25, -0.2) is 0 Å². The topological polar surface area (TPSA) is 83.6 Å². The van der Waals surface area contributed by atoms with Gasteiger partial charge in [0, 0.05) is 6.61 Å². The van der Waals surface area contributed by atoms with Gasteiger partial charge in [0.15, 0.2) is 0 Å². The lowest BCUT2D eigenvalue weighted by molar-refractivity contribution is -0.901. The molecule has 0 radical (unpaired) electrons. The van der Waals surface area contributed by atoms with E-state index in [4.69, 9.17) is 24.8 Å². The average molecular weight is 526 g/mol. The summed E-state index contributed by atoms with van der Waals surface area (Å²) in [6.45, 7) is 5.78.